The summed E-state index contributed by atoms with van der Waals surface area (Å²) in [5.41, 5.74) is 1.65. The van der Waals surface area contributed by atoms with Crippen molar-refractivity contribution in [2.24, 2.45) is 29.1 Å². The number of carbonyl (C=O) groups is 1. The Morgan fingerprint density at radius 2 is 2.07 bits per heavy atom. The van der Waals surface area contributed by atoms with Gasteiger partial charge in [0.1, 0.15) is 5.78 Å². The van der Waals surface area contributed by atoms with E-state index in [2.05, 4.69) is 13.0 Å². The molecule has 27 heavy (non-hydrogen) atoms. The summed E-state index contributed by atoms with van der Waals surface area (Å²) in [5.74, 6) is 3.20. The first-order valence-electron chi connectivity index (χ1n) is 11.7. The molecule has 1 aliphatic heterocycles. The van der Waals surface area contributed by atoms with Crippen molar-refractivity contribution >= 4 is 5.78 Å². The fourth-order valence-electron chi connectivity index (χ4n) is 7.67. The van der Waals surface area contributed by atoms with Crippen molar-refractivity contribution < 1.29 is 14.3 Å². The first-order valence-corrected chi connectivity index (χ1v) is 11.7. The smallest absolute Gasteiger partial charge is 0.157 e. The van der Waals surface area contributed by atoms with E-state index in [9.17, 15) is 4.79 Å². The summed E-state index contributed by atoms with van der Waals surface area (Å²) < 4.78 is 12.4. The molecule has 4 aliphatic carbocycles. The van der Waals surface area contributed by atoms with Crippen LogP contribution in [0.1, 0.15) is 84.0 Å². The molecule has 1 unspecified atom stereocenters. The lowest BCUT2D eigenvalue weighted by Crippen LogP contribution is -2.50. The highest BCUT2D eigenvalue weighted by atomic mass is 16.7. The van der Waals surface area contributed by atoms with Crippen LogP contribution in [0.4, 0.5) is 0 Å². The van der Waals surface area contributed by atoms with E-state index in [0.717, 1.165) is 44.1 Å². The van der Waals surface area contributed by atoms with Crippen molar-refractivity contribution in [1.29, 1.82) is 0 Å². The largest absolute Gasteiger partial charge is 0.353 e. The molecule has 0 amide bonds. The summed E-state index contributed by atoms with van der Waals surface area (Å²) >= 11 is 0. The Hall–Kier alpha value is -0.670. The highest BCUT2D eigenvalue weighted by Crippen LogP contribution is 2.62. The molecule has 3 nitrogen and oxygen atoms in total. The minimum Gasteiger partial charge on any atom is -0.353 e. The molecule has 1 heterocycles. The minimum absolute atomic E-state index is 0.0710. The molecular weight excluding hydrogens is 336 g/mol. The fraction of sp³-hybridized carbons (Fsp3) is 0.875. The Morgan fingerprint density at radius 1 is 1.15 bits per heavy atom. The normalized spacial score (nSPS) is 47.0. The second-order valence-corrected chi connectivity index (χ2v) is 9.85. The summed E-state index contributed by atoms with van der Waals surface area (Å²) in [5, 5.41) is 0. The maximum absolute atomic E-state index is 13.2. The molecule has 0 aromatic heterocycles. The van der Waals surface area contributed by atoms with E-state index >= 15 is 0 Å². The van der Waals surface area contributed by atoms with Gasteiger partial charge in [0, 0.05) is 24.4 Å². The molecule has 0 bridgehead atoms. The Bertz CT molecular complexity index is 605. The van der Waals surface area contributed by atoms with E-state index < -0.39 is 0 Å². The number of ether oxygens (including phenoxy) is 2. The second kappa shape index (κ2) is 7.30. The number of ketones is 1. The average Bonchev–Trinajstić information content (AvgIpc) is 3.00. The van der Waals surface area contributed by atoms with Gasteiger partial charge in [0.25, 0.3) is 0 Å². The molecule has 0 N–H and O–H groups in total. The molecule has 0 spiro atoms. The summed E-state index contributed by atoms with van der Waals surface area (Å²) in [6, 6.07) is 0. The van der Waals surface area contributed by atoms with Crippen LogP contribution in [0, 0.1) is 29.1 Å². The highest BCUT2D eigenvalue weighted by molar-refractivity contribution is 5.88. The number of rotatable bonds is 3. The van der Waals surface area contributed by atoms with Crippen molar-refractivity contribution in [3.8, 4) is 0 Å². The van der Waals surface area contributed by atoms with Gasteiger partial charge in [-0.25, -0.2) is 0 Å². The van der Waals surface area contributed by atoms with Crippen LogP contribution >= 0.6 is 0 Å². The van der Waals surface area contributed by atoms with Crippen molar-refractivity contribution in [1.82, 2.24) is 0 Å². The molecule has 0 aromatic carbocycles. The van der Waals surface area contributed by atoms with Gasteiger partial charge in [-0.1, -0.05) is 18.6 Å². The van der Waals surface area contributed by atoms with Gasteiger partial charge in [0.2, 0.25) is 0 Å². The predicted molar refractivity (Wildman–Crippen MR) is 105 cm³/mol. The van der Waals surface area contributed by atoms with E-state index in [-0.39, 0.29) is 17.8 Å². The molecular formula is C24H36O3. The molecule has 7 atom stereocenters. The molecule has 5 rings (SSSR count). The van der Waals surface area contributed by atoms with E-state index in [4.69, 9.17) is 9.47 Å². The standard InChI is InChI=1S/C24H36O3/c1-2-24-13-12-18-17-8-4-3-7-16(17)10-11-19(18)23(24)20(15-21(24)25)27-22-9-5-6-14-26-22/h7,17-20,22-23H,2-6,8-15H2,1H3/t17-,18+,19+,20-,22?,23+,24+/m0/s1. The van der Waals surface area contributed by atoms with Crippen molar-refractivity contribution in [2.45, 2.75) is 96.4 Å². The summed E-state index contributed by atoms with van der Waals surface area (Å²) in [6.45, 7) is 3.07. The quantitative estimate of drug-likeness (QED) is 0.620. The lowest BCUT2D eigenvalue weighted by molar-refractivity contribution is -0.209. The number of carbonyl (C=O) groups excluding carboxylic acids is 1. The van der Waals surface area contributed by atoms with Crippen LogP contribution in [0.3, 0.4) is 0 Å². The topological polar surface area (TPSA) is 35.5 Å². The van der Waals surface area contributed by atoms with E-state index in [0.29, 0.717) is 24.0 Å². The van der Waals surface area contributed by atoms with Crippen LogP contribution in [-0.2, 0) is 14.3 Å². The van der Waals surface area contributed by atoms with Gasteiger partial charge in [-0.05, 0) is 88.4 Å². The molecule has 1 saturated heterocycles. The number of Topliss-reactive ketones (excluding diaryl/α,β-unsaturated/α-hetero) is 1. The van der Waals surface area contributed by atoms with Gasteiger partial charge < -0.3 is 9.47 Å². The molecule has 3 saturated carbocycles. The van der Waals surface area contributed by atoms with Crippen LogP contribution in [0.25, 0.3) is 0 Å². The van der Waals surface area contributed by atoms with Gasteiger partial charge in [0.15, 0.2) is 6.29 Å². The van der Waals surface area contributed by atoms with Gasteiger partial charge in [-0.3, -0.25) is 4.79 Å². The predicted octanol–water partition coefficient (Wildman–Crippen LogP) is 5.43. The fourth-order valence-corrected chi connectivity index (χ4v) is 7.67. The second-order valence-electron chi connectivity index (χ2n) is 9.85. The lowest BCUT2D eigenvalue weighted by atomic mass is 9.51. The monoisotopic (exact) mass is 372 g/mol. The Morgan fingerprint density at radius 3 is 2.89 bits per heavy atom. The van der Waals surface area contributed by atoms with E-state index in [1.165, 1.54) is 44.9 Å². The Balaban J connectivity index is 1.43. The Labute approximate surface area is 164 Å². The molecule has 150 valence electrons. The van der Waals surface area contributed by atoms with Crippen LogP contribution in [0.2, 0.25) is 0 Å². The number of fused-ring (bicyclic) bond motifs is 5. The molecule has 0 aromatic rings. The van der Waals surface area contributed by atoms with Gasteiger partial charge >= 0.3 is 0 Å². The summed E-state index contributed by atoms with van der Waals surface area (Å²) in [6.07, 6.45) is 16.5. The van der Waals surface area contributed by atoms with Crippen molar-refractivity contribution in [3.63, 3.8) is 0 Å². The Kier molecular flexibility index (Phi) is 4.96. The van der Waals surface area contributed by atoms with Crippen LogP contribution in [0.5, 0.6) is 0 Å². The molecule has 3 heteroatoms. The third kappa shape index (κ3) is 2.95. The van der Waals surface area contributed by atoms with Gasteiger partial charge in [-0.15, -0.1) is 0 Å². The maximum Gasteiger partial charge on any atom is 0.157 e. The zero-order valence-corrected chi connectivity index (χ0v) is 17.0. The molecule has 4 fully saturated rings. The minimum atomic E-state index is -0.101. The molecule has 0 radical (unpaired) electrons. The van der Waals surface area contributed by atoms with E-state index in [1.54, 1.807) is 5.57 Å². The SMILES string of the molecule is CC[C@]12CC[C@H]3[C@@H](CCC4=CCCC[C@@H]43)[C@@H]1[C@@H](OC1CCCCO1)CC2=O. The third-order valence-corrected chi connectivity index (χ3v) is 8.90. The van der Waals surface area contributed by atoms with Crippen molar-refractivity contribution in [2.75, 3.05) is 6.61 Å². The first kappa shape index (κ1) is 18.4. The summed E-state index contributed by atoms with van der Waals surface area (Å²) in [7, 11) is 0. The number of hydrogen-bond acceptors (Lipinski definition) is 3. The number of hydrogen-bond donors (Lipinski definition) is 0. The van der Waals surface area contributed by atoms with E-state index in [1.807, 2.05) is 0 Å². The lowest BCUT2D eigenvalue weighted by Gasteiger charge is -2.54. The zero-order chi connectivity index (χ0) is 18.4. The average molecular weight is 373 g/mol. The van der Waals surface area contributed by atoms with Gasteiger partial charge in [0.05, 0.1) is 6.10 Å². The van der Waals surface area contributed by atoms with Crippen LogP contribution in [0.15, 0.2) is 11.6 Å². The van der Waals surface area contributed by atoms with Crippen molar-refractivity contribution in [3.05, 3.63) is 11.6 Å². The van der Waals surface area contributed by atoms with Crippen LogP contribution in [-0.4, -0.2) is 24.8 Å². The zero-order valence-electron chi connectivity index (χ0n) is 17.0. The number of allylic oxidation sites excluding steroid dienone is 2. The maximum atomic E-state index is 13.2. The van der Waals surface area contributed by atoms with Crippen LogP contribution < -0.4 is 0 Å². The third-order valence-electron chi connectivity index (χ3n) is 8.90. The highest BCUT2D eigenvalue weighted by Gasteiger charge is 2.61. The summed E-state index contributed by atoms with van der Waals surface area (Å²) in [4.78, 5) is 13.2. The first-order chi connectivity index (χ1) is 13.2. The molecule has 5 aliphatic rings. The van der Waals surface area contributed by atoms with Gasteiger partial charge in [-0.2, -0.15) is 0 Å².